The normalized spacial score (nSPS) is 12.4. The third kappa shape index (κ3) is 8.12. The van der Waals surface area contributed by atoms with Crippen molar-refractivity contribution in [2.45, 2.75) is 58.2 Å². The zero-order valence-corrected chi connectivity index (χ0v) is 18.7. The van der Waals surface area contributed by atoms with Crippen molar-refractivity contribution in [3.05, 3.63) is 66.2 Å². The van der Waals surface area contributed by atoms with Crippen molar-refractivity contribution in [1.29, 1.82) is 0 Å². The fourth-order valence-electron chi connectivity index (χ4n) is 2.76. The van der Waals surface area contributed by atoms with E-state index in [0.717, 1.165) is 5.56 Å². The van der Waals surface area contributed by atoms with Gasteiger partial charge in [-0.05, 0) is 52.3 Å². The molecule has 2 aromatic carbocycles. The summed E-state index contributed by atoms with van der Waals surface area (Å²) in [6.45, 7) is 8.33. The van der Waals surface area contributed by atoms with Gasteiger partial charge < -0.3 is 20.7 Å². The minimum atomic E-state index is -1.29. The molecule has 31 heavy (non-hydrogen) atoms. The molecule has 0 aliphatic rings. The molecule has 0 aliphatic heterocycles. The largest absolute Gasteiger partial charge is 0.444 e. The Labute approximate surface area is 183 Å². The van der Waals surface area contributed by atoms with Crippen LogP contribution in [-0.4, -0.2) is 35.1 Å². The Hall–Kier alpha value is -3.35. The van der Waals surface area contributed by atoms with E-state index in [4.69, 9.17) is 4.74 Å². The molecule has 0 aliphatic carbocycles. The maximum atomic E-state index is 13.0. The van der Waals surface area contributed by atoms with Gasteiger partial charge in [0.05, 0.1) is 0 Å². The van der Waals surface area contributed by atoms with Crippen molar-refractivity contribution < 1.29 is 19.1 Å². The minimum Gasteiger partial charge on any atom is -0.444 e. The van der Waals surface area contributed by atoms with Crippen LogP contribution >= 0.6 is 0 Å². The fraction of sp³-hybridized carbons (Fsp3) is 0.375. The number of alkyl carbamates (subject to hydrolysis) is 1. The zero-order valence-electron chi connectivity index (χ0n) is 18.7. The quantitative estimate of drug-likeness (QED) is 0.631. The van der Waals surface area contributed by atoms with Crippen LogP contribution in [0, 0.1) is 0 Å². The van der Waals surface area contributed by atoms with Crippen LogP contribution in [0.1, 0.15) is 40.2 Å². The van der Waals surface area contributed by atoms with Crippen LogP contribution in [0.4, 0.5) is 10.5 Å². The second kappa shape index (κ2) is 10.1. The van der Waals surface area contributed by atoms with Crippen molar-refractivity contribution in [3.8, 4) is 0 Å². The molecule has 0 aromatic heterocycles. The Morgan fingerprint density at radius 1 is 0.871 bits per heavy atom. The molecule has 2 aromatic rings. The highest BCUT2D eigenvalue weighted by Crippen LogP contribution is 2.12. The Morgan fingerprint density at radius 3 is 1.97 bits per heavy atom. The van der Waals surface area contributed by atoms with E-state index in [1.54, 1.807) is 46.8 Å². The van der Waals surface area contributed by atoms with E-state index < -0.39 is 29.2 Å². The van der Waals surface area contributed by atoms with Gasteiger partial charge in [-0.1, -0.05) is 48.5 Å². The number of rotatable bonds is 7. The van der Waals surface area contributed by atoms with Crippen LogP contribution in [0.2, 0.25) is 0 Å². The fourth-order valence-corrected chi connectivity index (χ4v) is 2.76. The first-order chi connectivity index (χ1) is 14.5. The summed E-state index contributed by atoms with van der Waals surface area (Å²) in [5.74, 6) is -0.848. The van der Waals surface area contributed by atoms with Gasteiger partial charge in [0.1, 0.15) is 17.2 Å². The van der Waals surface area contributed by atoms with E-state index in [2.05, 4.69) is 16.0 Å². The summed E-state index contributed by atoms with van der Waals surface area (Å²) in [6.07, 6.45) is -0.408. The maximum Gasteiger partial charge on any atom is 0.408 e. The summed E-state index contributed by atoms with van der Waals surface area (Å²) in [5, 5.41) is 8.16. The lowest BCUT2D eigenvalue weighted by atomic mass is 10.0. The Morgan fingerprint density at radius 2 is 1.42 bits per heavy atom. The highest BCUT2D eigenvalue weighted by molar-refractivity contribution is 5.99. The number of carbonyl (C=O) groups excluding carboxylic acids is 3. The first kappa shape index (κ1) is 23.9. The van der Waals surface area contributed by atoms with E-state index in [9.17, 15) is 14.4 Å². The SMILES string of the molecule is CC(C)(C)OC(=O)NC(C)(C)C(=O)NC(Cc1ccccc1)C(=O)Nc1ccccc1. The van der Waals surface area contributed by atoms with Crippen molar-refractivity contribution in [2.75, 3.05) is 5.32 Å². The van der Waals surface area contributed by atoms with Gasteiger partial charge in [-0.25, -0.2) is 4.79 Å². The molecule has 7 nitrogen and oxygen atoms in total. The lowest BCUT2D eigenvalue weighted by Crippen LogP contribution is -2.59. The molecule has 2 rings (SSSR count). The maximum absolute atomic E-state index is 13.0. The average Bonchev–Trinajstić information content (AvgIpc) is 2.67. The Kier molecular flexibility index (Phi) is 7.80. The molecule has 3 amide bonds. The molecule has 0 fully saturated rings. The van der Waals surface area contributed by atoms with E-state index in [0.29, 0.717) is 12.1 Å². The predicted octanol–water partition coefficient (Wildman–Crippen LogP) is 3.66. The second-order valence-electron chi connectivity index (χ2n) is 8.82. The Balaban J connectivity index is 2.14. The molecule has 1 atom stereocenters. The molecule has 0 bridgehead atoms. The summed E-state index contributed by atoms with van der Waals surface area (Å²) in [5.41, 5.74) is -0.452. The number of hydrogen-bond donors (Lipinski definition) is 3. The molecule has 3 N–H and O–H groups in total. The average molecular weight is 426 g/mol. The third-order valence-corrected chi connectivity index (χ3v) is 4.33. The van der Waals surface area contributed by atoms with E-state index in [-0.39, 0.29) is 5.91 Å². The number of para-hydroxylation sites is 1. The monoisotopic (exact) mass is 425 g/mol. The number of amides is 3. The summed E-state index contributed by atoms with van der Waals surface area (Å²) in [4.78, 5) is 38.1. The van der Waals surface area contributed by atoms with Gasteiger partial charge in [-0.15, -0.1) is 0 Å². The van der Waals surface area contributed by atoms with Gasteiger partial charge >= 0.3 is 6.09 Å². The highest BCUT2D eigenvalue weighted by atomic mass is 16.6. The molecule has 0 heterocycles. The van der Waals surface area contributed by atoms with Gasteiger partial charge in [0.2, 0.25) is 11.8 Å². The van der Waals surface area contributed by atoms with Crippen LogP contribution in [-0.2, 0) is 20.7 Å². The molecule has 0 radical (unpaired) electrons. The number of carbonyl (C=O) groups is 3. The summed E-state index contributed by atoms with van der Waals surface area (Å²) in [6, 6.07) is 17.6. The first-order valence-electron chi connectivity index (χ1n) is 10.2. The van der Waals surface area contributed by atoms with Crippen molar-refractivity contribution >= 4 is 23.6 Å². The standard InChI is InChI=1S/C24H31N3O4/c1-23(2,3)31-22(30)27-24(4,5)21(29)26-19(16-17-12-8-6-9-13-17)20(28)25-18-14-10-7-11-15-18/h6-15,19H,16H2,1-5H3,(H,25,28)(H,26,29)(H,27,30). The molecule has 7 heteroatoms. The zero-order chi connectivity index (χ0) is 23.1. The van der Waals surface area contributed by atoms with Gasteiger partial charge in [-0.2, -0.15) is 0 Å². The lowest BCUT2D eigenvalue weighted by molar-refractivity contribution is -0.130. The molecule has 0 spiro atoms. The number of ether oxygens (including phenoxy) is 1. The number of anilines is 1. The van der Waals surface area contributed by atoms with Crippen LogP contribution in [0.5, 0.6) is 0 Å². The summed E-state index contributed by atoms with van der Waals surface area (Å²) in [7, 11) is 0. The van der Waals surface area contributed by atoms with Gasteiger partial charge in [0, 0.05) is 12.1 Å². The van der Waals surface area contributed by atoms with Gasteiger partial charge in [-0.3, -0.25) is 9.59 Å². The molecular formula is C24H31N3O4. The van der Waals surface area contributed by atoms with Crippen LogP contribution in [0.25, 0.3) is 0 Å². The predicted molar refractivity (Wildman–Crippen MR) is 121 cm³/mol. The summed E-state index contributed by atoms with van der Waals surface area (Å²) < 4.78 is 5.24. The van der Waals surface area contributed by atoms with Crippen LogP contribution in [0.15, 0.2) is 60.7 Å². The minimum absolute atomic E-state index is 0.299. The lowest BCUT2D eigenvalue weighted by Gasteiger charge is -2.29. The molecule has 1 unspecified atom stereocenters. The first-order valence-corrected chi connectivity index (χ1v) is 10.2. The van der Waals surface area contributed by atoms with Crippen molar-refractivity contribution in [3.63, 3.8) is 0 Å². The summed E-state index contributed by atoms with van der Waals surface area (Å²) >= 11 is 0. The highest BCUT2D eigenvalue weighted by Gasteiger charge is 2.34. The van der Waals surface area contributed by atoms with Crippen LogP contribution < -0.4 is 16.0 Å². The second-order valence-corrected chi connectivity index (χ2v) is 8.82. The molecular weight excluding hydrogens is 394 g/mol. The van der Waals surface area contributed by atoms with E-state index >= 15 is 0 Å². The molecule has 0 saturated carbocycles. The topological polar surface area (TPSA) is 96.5 Å². The molecule has 166 valence electrons. The number of benzene rings is 2. The number of nitrogens with one attached hydrogen (secondary N) is 3. The van der Waals surface area contributed by atoms with Gasteiger partial charge in [0.25, 0.3) is 0 Å². The van der Waals surface area contributed by atoms with Crippen molar-refractivity contribution in [2.24, 2.45) is 0 Å². The smallest absolute Gasteiger partial charge is 0.408 e. The van der Waals surface area contributed by atoms with Crippen LogP contribution in [0.3, 0.4) is 0 Å². The van der Waals surface area contributed by atoms with Gasteiger partial charge in [0.15, 0.2) is 0 Å². The third-order valence-electron chi connectivity index (χ3n) is 4.33. The molecule has 0 saturated heterocycles. The Bertz CT molecular complexity index is 890. The number of hydrogen-bond acceptors (Lipinski definition) is 4. The van der Waals surface area contributed by atoms with E-state index in [1.807, 2.05) is 48.5 Å². The van der Waals surface area contributed by atoms with E-state index in [1.165, 1.54) is 0 Å². The van der Waals surface area contributed by atoms with Crippen molar-refractivity contribution in [1.82, 2.24) is 10.6 Å².